The van der Waals surface area contributed by atoms with Gasteiger partial charge in [0.2, 0.25) is 5.95 Å². The molecule has 0 saturated heterocycles. The third kappa shape index (κ3) is 1.55. The Balaban J connectivity index is 2.27. The van der Waals surface area contributed by atoms with Gasteiger partial charge in [-0.05, 0) is 24.3 Å². The predicted molar refractivity (Wildman–Crippen MR) is 65.8 cm³/mol. The highest BCUT2D eigenvalue weighted by Gasteiger charge is 2.07. The SMILES string of the molecule is N#Cc1ccc2ncn(-c3ccnc(N)n3)c2c1. The van der Waals surface area contributed by atoms with Crippen molar-refractivity contribution in [2.45, 2.75) is 0 Å². The lowest BCUT2D eigenvalue weighted by molar-refractivity contribution is 1.00. The van der Waals surface area contributed by atoms with E-state index in [2.05, 4.69) is 21.0 Å². The van der Waals surface area contributed by atoms with Crippen LogP contribution < -0.4 is 5.73 Å². The smallest absolute Gasteiger partial charge is 0.221 e. The van der Waals surface area contributed by atoms with Crippen LogP contribution in [0, 0.1) is 11.3 Å². The summed E-state index contributed by atoms with van der Waals surface area (Å²) in [6, 6.07) is 9.13. The van der Waals surface area contributed by atoms with E-state index in [0.717, 1.165) is 11.0 Å². The number of hydrogen-bond donors (Lipinski definition) is 1. The summed E-state index contributed by atoms with van der Waals surface area (Å²) in [5.41, 5.74) is 7.74. The molecule has 0 aliphatic carbocycles. The first kappa shape index (κ1) is 10.2. The molecular formula is C12H8N6. The molecule has 0 aliphatic rings. The Kier molecular flexibility index (Phi) is 2.17. The van der Waals surface area contributed by atoms with Crippen LogP contribution in [0.2, 0.25) is 0 Å². The van der Waals surface area contributed by atoms with E-state index in [9.17, 15) is 0 Å². The molecule has 0 atom stereocenters. The molecule has 0 unspecified atom stereocenters. The number of nitrogens with zero attached hydrogens (tertiary/aromatic N) is 5. The van der Waals surface area contributed by atoms with Gasteiger partial charge in [0.1, 0.15) is 12.1 Å². The number of nitrogens with two attached hydrogens (primary N) is 1. The van der Waals surface area contributed by atoms with Crippen molar-refractivity contribution in [3.63, 3.8) is 0 Å². The molecule has 86 valence electrons. The number of hydrogen-bond acceptors (Lipinski definition) is 5. The molecule has 0 radical (unpaired) electrons. The normalized spacial score (nSPS) is 10.4. The van der Waals surface area contributed by atoms with Crippen LogP contribution in [0.4, 0.5) is 5.95 Å². The van der Waals surface area contributed by atoms with Crippen molar-refractivity contribution in [2.24, 2.45) is 0 Å². The molecule has 3 rings (SSSR count). The summed E-state index contributed by atoms with van der Waals surface area (Å²) >= 11 is 0. The van der Waals surface area contributed by atoms with Gasteiger partial charge < -0.3 is 5.73 Å². The van der Waals surface area contributed by atoms with E-state index in [4.69, 9.17) is 11.0 Å². The Bertz CT molecular complexity index is 768. The van der Waals surface area contributed by atoms with Crippen molar-refractivity contribution in [3.8, 4) is 11.9 Å². The van der Waals surface area contributed by atoms with Gasteiger partial charge in [-0.3, -0.25) is 4.57 Å². The van der Waals surface area contributed by atoms with Crippen molar-refractivity contribution in [2.75, 3.05) is 5.73 Å². The van der Waals surface area contributed by atoms with E-state index in [-0.39, 0.29) is 5.95 Å². The molecule has 6 nitrogen and oxygen atoms in total. The molecule has 0 spiro atoms. The highest BCUT2D eigenvalue weighted by atomic mass is 15.1. The molecule has 3 aromatic rings. The third-order valence-electron chi connectivity index (χ3n) is 2.58. The van der Waals surface area contributed by atoms with Crippen molar-refractivity contribution in [1.29, 1.82) is 5.26 Å². The molecule has 1 aromatic carbocycles. The fraction of sp³-hybridized carbons (Fsp3) is 0. The summed E-state index contributed by atoms with van der Waals surface area (Å²) in [5, 5.41) is 8.91. The summed E-state index contributed by atoms with van der Waals surface area (Å²) < 4.78 is 1.77. The quantitative estimate of drug-likeness (QED) is 0.686. The molecule has 6 heteroatoms. The maximum Gasteiger partial charge on any atom is 0.221 e. The second-order valence-corrected chi connectivity index (χ2v) is 3.70. The Morgan fingerprint density at radius 3 is 2.89 bits per heavy atom. The molecule has 0 saturated carbocycles. The first-order valence-electron chi connectivity index (χ1n) is 5.24. The maximum atomic E-state index is 8.91. The fourth-order valence-corrected chi connectivity index (χ4v) is 1.76. The standard InChI is InChI=1S/C12H8N6/c13-6-8-1-2-9-10(5-8)18(7-16-9)11-3-4-15-12(14)17-11/h1-5,7H,(H2,14,15,17). The van der Waals surface area contributed by atoms with E-state index in [1.54, 1.807) is 41.4 Å². The zero-order valence-corrected chi connectivity index (χ0v) is 9.28. The third-order valence-corrected chi connectivity index (χ3v) is 2.58. The molecule has 2 heterocycles. The van der Waals surface area contributed by atoms with Crippen LogP contribution in [0.1, 0.15) is 5.56 Å². The van der Waals surface area contributed by atoms with Crippen molar-refractivity contribution < 1.29 is 0 Å². The van der Waals surface area contributed by atoms with Crippen LogP contribution in [0.15, 0.2) is 36.8 Å². The molecular weight excluding hydrogens is 228 g/mol. The van der Waals surface area contributed by atoms with E-state index >= 15 is 0 Å². The van der Waals surface area contributed by atoms with E-state index < -0.39 is 0 Å². The molecule has 2 N–H and O–H groups in total. The minimum Gasteiger partial charge on any atom is -0.368 e. The number of benzene rings is 1. The lowest BCUT2D eigenvalue weighted by Gasteiger charge is -2.03. The first-order chi connectivity index (χ1) is 8.78. The maximum absolute atomic E-state index is 8.91. The summed E-state index contributed by atoms with van der Waals surface area (Å²) in [6.45, 7) is 0. The lowest BCUT2D eigenvalue weighted by atomic mass is 10.2. The minimum absolute atomic E-state index is 0.200. The van der Waals surface area contributed by atoms with E-state index in [1.165, 1.54) is 0 Å². The largest absolute Gasteiger partial charge is 0.368 e. The van der Waals surface area contributed by atoms with Crippen molar-refractivity contribution >= 4 is 17.0 Å². The average molecular weight is 236 g/mol. The van der Waals surface area contributed by atoms with Gasteiger partial charge in [0.25, 0.3) is 0 Å². The second kappa shape index (κ2) is 3.82. The Labute approximate surface area is 102 Å². The number of imidazole rings is 1. The van der Waals surface area contributed by atoms with Gasteiger partial charge in [-0.25, -0.2) is 9.97 Å². The molecule has 0 amide bonds. The zero-order valence-electron chi connectivity index (χ0n) is 9.28. The highest BCUT2D eigenvalue weighted by Crippen LogP contribution is 2.18. The molecule has 0 aliphatic heterocycles. The van der Waals surface area contributed by atoms with Gasteiger partial charge in [-0.2, -0.15) is 10.2 Å². The molecule has 0 bridgehead atoms. The number of aromatic nitrogens is 4. The summed E-state index contributed by atoms with van der Waals surface area (Å²) in [5.74, 6) is 0.825. The fourth-order valence-electron chi connectivity index (χ4n) is 1.76. The minimum atomic E-state index is 0.200. The number of nitrogen functional groups attached to an aromatic ring is 1. The van der Waals surface area contributed by atoms with Crippen LogP contribution in [0.3, 0.4) is 0 Å². The van der Waals surface area contributed by atoms with Crippen LogP contribution >= 0.6 is 0 Å². The molecule has 0 fully saturated rings. The van der Waals surface area contributed by atoms with Crippen LogP contribution in [-0.2, 0) is 0 Å². The molecule has 2 aromatic heterocycles. The highest BCUT2D eigenvalue weighted by molar-refractivity contribution is 5.78. The van der Waals surface area contributed by atoms with Crippen molar-refractivity contribution in [3.05, 3.63) is 42.4 Å². The number of fused-ring (bicyclic) bond motifs is 1. The second-order valence-electron chi connectivity index (χ2n) is 3.70. The van der Waals surface area contributed by atoms with Gasteiger partial charge in [-0.15, -0.1) is 0 Å². The number of anilines is 1. The van der Waals surface area contributed by atoms with Crippen LogP contribution in [0.5, 0.6) is 0 Å². The monoisotopic (exact) mass is 236 g/mol. The molecule has 18 heavy (non-hydrogen) atoms. The van der Waals surface area contributed by atoms with Gasteiger partial charge in [0.15, 0.2) is 0 Å². The van der Waals surface area contributed by atoms with Crippen LogP contribution in [-0.4, -0.2) is 19.5 Å². The number of nitriles is 1. The van der Waals surface area contributed by atoms with Crippen LogP contribution in [0.25, 0.3) is 16.9 Å². The number of rotatable bonds is 1. The topological polar surface area (TPSA) is 93.4 Å². The first-order valence-corrected chi connectivity index (χ1v) is 5.24. The van der Waals surface area contributed by atoms with Gasteiger partial charge in [0, 0.05) is 6.20 Å². The predicted octanol–water partition coefficient (Wildman–Crippen LogP) is 1.27. The summed E-state index contributed by atoms with van der Waals surface area (Å²) in [7, 11) is 0. The lowest BCUT2D eigenvalue weighted by Crippen LogP contribution is -2.01. The van der Waals surface area contributed by atoms with Gasteiger partial charge in [-0.1, -0.05) is 0 Å². The average Bonchev–Trinajstić information content (AvgIpc) is 2.81. The summed E-state index contributed by atoms with van der Waals surface area (Å²) in [4.78, 5) is 12.2. The van der Waals surface area contributed by atoms with Gasteiger partial charge in [0.05, 0.1) is 22.7 Å². The Hall–Kier alpha value is -2.94. The Morgan fingerprint density at radius 2 is 2.11 bits per heavy atom. The summed E-state index contributed by atoms with van der Waals surface area (Å²) in [6.07, 6.45) is 3.23. The zero-order chi connectivity index (χ0) is 12.5. The van der Waals surface area contributed by atoms with Gasteiger partial charge >= 0.3 is 0 Å². The van der Waals surface area contributed by atoms with Crippen molar-refractivity contribution in [1.82, 2.24) is 19.5 Å². The van der Waals surface area contributed by atoms with E-state index in [1.807, 2.05) is 0 Å². The Morgan fingerprint density at radius 1 is 1.22 bits per heavy atom. The van der Waals surface area contributed by atoms with E-state index in [0.29, 0.717) is 11.4 Å².